The molecule has 0 amide bonds. The van der Waals surface area contributed by atoms with Gasteiger partial charge < -0.3 is 0 Å². The number of aliphatic imine (C=N–C) groups is 1. The molecule has 82 valence electrons. The van der Waals surface area contributed by atoms with E-state index < -0.39 is 0 Å². The van der Waals surface area contributed by atoms with Crippen LogP contribution in [0.15, 0.2) is 17.6 Å². The van der Waals surface area contributed by atoms with Gasteiger partial charge in [-0.2, -0.15) is 0 Å². The molecule has 0 aliphatic rings. The summed E-state index contributed by atoms with van der Waals surface area (Å²) in [5, 5.41) is 0. The third-order valence-corrected chi connectivity index (χ3v) is 2.68. The summed E-state index contributed by atoms with van der Waals surface area (Å²) in [6, 6.07) is 0. The minimum Gasteiger partial charge on any atom is -0.291 e. The van der Waals surface area contributed by atoms with Crippen LogP contribution in [0.2, 0.25) is 0 Å². The quantitative estimate of drug-likeness (QED) is 0.459. The second kappa shape index (κ2) is 5.33. The molecule has 0 aromatic carbocycles. The predicted octanol–water partition coefficient (Wildman–Crippen LogP) is 4.24. The van der Waals surface area contributed by atoms with Gasteiger partial charge in [-0.25, -0.2) is 0 Å². The number of rotatable bonds is 5. The van der Waals surface area contributed by atoms with Gasteiger partial charge in [0.1, 0.15) is 0 Å². The van der Waals surface area contributed by atoms with Gasteiger partial charge in [0.2, 0.25) is 0 Å². The first-order valence-corrected chi connectivity index (χ1v) is 5.56. The molecule has 1 heteroatoms. The average molecular weight is 195 g/mol. The molecule has 0 aliphatic heterocycles. The number of nitrogens with zero attached hydrogens (tertiary/aromatic N) is 1. The summed E-state index contributed by atoms with van der Waals surface area (Å²) in [6.45, 7) is 14.7. The molecule has 0 aromatic rings. The maximum absolute atomic E-state index is 4.62. The number of allylic oxidation sites excluding steroid dienone is 1. The molecule has 0 fully saturated rings. The third kappa shape index (κ3) is 4.59. The van der Waals surface area contributed by atoms with Crippen molar-refractivity contribution in [3.63, 3.8) is 0 Å². The van der Waals surface area contributed by atoms with Gasteiger partial charge in [0.25, 0.3) is 0 Å². The molecule has 0 saturated heterocycles. The highest BCUT2D eigenvalue weighted by Crippen LogP contribution is 2.29. The van der Waals surface area contributed by atoms with Crippen LogP contribution in [0.25, 0.3) is 0 Å². The zero-order chi connectivity index (χ0) is 11.2. The van der Waals surface area contributed by atoms with Gasteiger partial charge in [-0.15, -0.1) is 6.58 Å². The summed E-state index contributed by atoms with van der Waals surface area (Å²) in [5.74, 6) is 0. The van der Waals surface area contributed by atoms with Crippen molar-refractivity contribution in [2.75, 3.05) is 0 Å². The molecule has 0 N–H and O–H groups in total. The lowest BCUT2D eigenvalue weighted by molar-refractivity contribution is 0.398. The van der Waals surface area contributed by atoms with Crippen LogP contribution in [0.1, 0.15) is 53.9 Å². The molecule has 0 atom stereocenters. The molecule has 0 heterocycles. The van der Waals surface area contributed by atoms with E-state index in [2.05, 4.69) is 52.4 Å². The van der Waals surface area contributed by atoms with Crippen LogP contribution < -0.4 is 0 Å². The van der Waals surface area contributed by atoms with Crippen molar-refractivity contribution >= 4 is 6.21 Å². The van der Waals surface area contributed by atoms with Crippen LogP contribution in [0.3, 0.4) is 0 Å². The standard InChI is InChI=1S/C13H25N/c1-7-10-13(8-2,9-3)11-14-12(4,5)6/h7,11H,1,8-10H2,2-6H3. The Kier molecular flexibility index (Phi) is 5.11. The first-order valence-electron chi connectivity index (χ1n) is 5.56. The summed E-state index contributed by atoms with van der Waals surface area (Å²) in [5.41, 5.74) is 0.270. The second-order valence-corrected chi connectivity index (χ2v) is 4.99. The maximum atomic E-state index is 4.62. The second-order valence-electron chi connectivity index (χ2n) is 4.99. The van der Waals surface area contributed by atoms with E-state index >= 15 is 0 Å². The summed E-state index contributed by atoms with van der Waals surface area (Å²) >= 11 is 0. The predicted molar refractivity (Wildman–Crippen MR) is 66.1 cm³/mol. The zero-order valence-corrected chi connectivity index (χ0v) is 10.4. The Balaban J connectivity index is 4.65. The first-order chi connectivity index (χ1) is 6.39. The Bertz CT molecular complexity index is 192. The minimum absolute atomic E-state index is 0.0385. The largest absolute Gasteiger partial charge is 0.291 e. The van der Waals surface area contributed by atoms with Crippen LogP contribution in [-0.2, 0) is 0 Å². The van der Waals surface area contributed by atoms with Gasteiger partial charge in [0, 0.05) is 11.6 Å². The van der Waals surface area contributed by atoms with Gasteiger partial charge in [0.05, 0.1) is 5.54 Å². The molecule has 0 aromatic heterocycles. The smallest absolute Gasteiger partial charge is 0.0520 e. The zero-order valence-electron chi connectivity index (χ0n) is 10.4. The van der Waals surface area contributed by atoms with E-state index in [9.17, 15) is 0 Å². The summed E-state index contributed by atoms with van der Waals surface area (Å²) in [7, 11) is 0. The summed E-state index contributed by atoms with van der Waals surface area (Å²) in [6.07, 6.45) is 7.44. The normalized spacial score (nSPS) is 13.5. The van der Waals surface area contributed by atoms with Gasteiger partial charge >= 0.3 is 0 Å². The Morgan fingerprint density at radius 2 is 1.64 bits per heavy atom. The van der Waals surface area contributed by atoms with Crippen LogP contribution in [0.4, 0.5) is 0 Å². The van der Waals surface area contributed by atoms with Crippen molar-refractivity contribution in [3.05, 3.63) is 12.7 Å². The van der Waals surface area contributed by atoms with Gasteiger partial charge in [-0.05, 0) is 40.0 Å². The summed E-state index contributed by atoms with van der Waals surface area (Å²) in [4.78, 5) is 4.62. The first kappa shape index (κ1) is 13.4. The minimum atomic E-state index is 0.0385. The van der Waals surface area contributed by atoms with Crippen molar-refractivity contribution in [2.24, 2.45) is 10.4 Å². The van der Waals surface area contributed by atoms with E-state index in [-0.39, 0.29) is 11.0 Å². The molecule has 0 radical (unpaired) electrons. The van der Waals surface area contributed by atoms with Crippen molar-refractivity contribution in [1.82, 2.24) is 0 Å². The molecular formula is C13H25N. The Hall–Kier alpha value is -0.590. The Morgan fingerprint density at radius 3 is 1.93 bits per heavy atom. The van der Waals surface area contributed by atoms with Crippen LogP contribution in [0, 0.1) is 5.41 Å². The number of hydrogen-bond donors (Lipinski definition) is 0. The third-order valence-electron chi connectivity index (χ3n) is 2.68. The monoisotopic (exact) mass is 195 g/mol. The Labute approximate surface area is 89.3 Å². The molecule has 0 spiro atoms. The van der Waals surface area contributed by atoms with E-state index in [1.54, 1.807) is 0 Å². The van der Waals surface area contributed by atoms with Crippen LogP contribution in [-0.4, -0.2) is 11.8 Å². The molecule has 0 saturated carbocycles. The van der Waals surface area contributed by atoms with E-state index in [1.807, 2.05) is 6.08 Å². The molecule has 0 bridgehead atoms. The van der Waals surface area contributed by atoms with E-state index in [0.717, 1.165) is 19.3 Å². The summed E-state index contributed by atoms with van der Waals surface area (Å²) < 4.78 is 0. The fourth-order valence-electron chi connectivity index (χ4n) is 1.39. The Morgan fingerprint density at radius 1 is 1.14 bits per heavy atom. The SMILES string of the molecule is C=CCC(C=NC(C)(C)C)(CC)CC. The van der Waals surface area contributed by atoms with Crippen molar-refractivity contribution in [1.29, 1.82) is 0 Å². The van der Waals surface area contributed by atoms with Gasteiger partial charge in [-0.3, -0.25) is 4.99 Å². The molecule has 14 heavy (non-hydrogen) atoms. The van der Waals surface area contributed by atoms with Crippen molar-refractivity contribution < 1.29 is 0 Å². The van der Waals surface area contributed by atoms with E-state index in [0.29, 0.717) is 0 Å². The molecule has 0 rings (SSSR count). The highest BCUT2D eigenvalue weighted by Gasteiger charge is 2.22. The van der Waals surface area contributed by atoms with Gasteiger partial charge in [0.15, 0.2) is 0 Å². The lowest BCUT2D eigenvalue weighted by Crippen LogP contribution is -2.22. The maximum Gasteiger partial charge on any atom is 0.0520 e. The highest BCUT2D eigenvalue weighted by atomic mass is 14.8. The average Bonchev–Trinajstić information content (AvgIpc) is 2.11. The van der Waals surface area contributed by atoms with E-state index in [4.69, 9.17) is 0 Å². The molecule has 0 unspecified atom stereocenters. The van der Waals surface area contributed by atoms with E-state index in [1.165, 1.54) is 0 Å². The topological polar surface area (TPSA) is 12.4 Å². The molecular weight excluding hydrogens is 170 g/mol. The highest BCUT2D eigenvalue weighted by molar-refractivity contribution is 5.66. The fourth-order valence-corrected chi connectivity index (χ4v) is 1.39. The molecule has 1 nitrogen and oxygen atoms in total. The molecule has 0 aliphatic carbocycles. The fraction of sp³-hybridized carbons (Fsp3) is 0.769. The lowest BCUT2D eigenvalue weighted by Gasteiger charge is -2.27. The van der Waals surface area contributed by atoms with Crippen molar-refractivity contribution in [2.45, 2.75) is 59.4 Å². The van der Waals surface area contributed by atoms with Crippen LogP contribution >= 0.6 is 0 Å². The number of hydrogen-bond acceptors (Lipinski definition) is 1. The van der Waals surface area contributed by atoms with Crippen LogP contribution in [0.5, 0.6) is 0 Å². The van der Waals surface area contributed by atoms with Gasteiger partial charge in [-0.1, -0.05) is 19.9 Å². The lowest BCUT2D eigenvalue weighted by atomic mass is 9.80. The van der Waals surface area contributed by atoms with Crippen molar-refractivity contribution in [3.8, 4) is 0 Å².